The molecule has 0 saturated heterocycles. The summed E-state index contributed by atoms with van der Waals surface area (Å²) in [6.07, 6.45) is 0.142. The molecule has 0 spiro atoms. The first-order valence-electron chi connectivity index (χ1n) is 9.25. The maximum Gasteiger partial charge on any atom is 0.355 e. The number of aromatic nitrogens is 1. The van der Waals surface area contributed by atoms with Crippen LogP contribution in [0.15, 0.2) is 30.3 Å². The summed E-state index contributed by atoms with van der Waals surface area (Å²) in [5.74, 6) is -1.79. The summed E-state index contributed by atoms with van der Waals surface area (Å²) in [7, 11) is 0. The number of para-hydroxylation sites is 1. The standard InChI is InChI=1S/C21H26N2O5/c1-4-28-21(27)20-14(2)17(15(3)22-20)13-23(16-9-6-5-7-10-16)18(24)11-8-12-19(25)26/h5-7,9-10,22H,4,8,11-13H2,1-3H3,(H,25,26)/p-1. The minimum atomic E-state index is -1.17. The summed E-state index contributed by atoms with van der Waals surface area (Å²) in [6, 6.07) is 9.16. The molecule has 2 rings (SSSR count). The molecule has 0 saturated carbocycles. The van der Waals surface area contributed by atoms with E-state index in [0.717, 1.165) is 16.8 Å². The van der Waals surface area contributed by atoms with Crippen molar-refractivity contribution in [3.8, 4) is 0 Å². The van der Waals surface area contributed by atoms with Crippen LogP contribution in [0.25, 0.3) is 0 Å². The van der Waals surface area contributed by atoms with Gasteiger partial charge in [-0.15, -0.1) is 0 Å². The average Bonchev–Trinajstić information content (AvgIpc) is 2.94. The van der Waals surface area contributed by atoms with Crippen molar-refractivity contribution in [2.24, 2.45) is 0 Å². The lowest BCUT2D eigenvalue weighted by molar-refractivity contribution is -0.305. The number of H-pyrrole nitrogens is 1. The average molecular weight is 385 g/mol. The number of ether oxygens (including phenoxy) is 1. The number of carbonyl (C=O) groups is 3. The van der Waals surface area contributed by atoms with Crippen molar-refractivity contribution < 1.29 is 24.2 Å². The first kappa shape index (κ1) is 21.2. The Bertz CT molecular complexity index is 842. The second kappa shape index (κ2) is 9.73. The molecule has 0 aliphatic carbocycles. The van der Waals surface area contributed by atoms with Crippen LogP contribution in [0.2, 0.25) is 0 Å². The van der Waals surface area contributed by atoms with Gasteiger partial charge in [0.2, 0.25) is 5.91 Å². The van der Waals surface area contributed by atoms with E-state index in [0.29, 0.717) is 11.4 Å². The molecule has 1 N–H and O–H groups in total. The van der Waals surface area contributed by atoms with E-state index in [-0.39, 0.29) is 38.3 Å². The van der Waals surface area contributed by atoms with Crippen LogP contribution in [0.3, 0.4) is 0 Å². The third-order valence-electron chi connectivity index (χ3n) is 4.53. The number of carbonyl (C=O) groups excluding carboxylic acids is 3. The predicted molar refractivity (Wildman–Crippen MR) is 103 cm³/mol. The number of hydrogen-bond donors (Lipinski definition) is 1. The fraction of sp³-hybridized carbons (Fsp3) is 0.381. The van der Waals surface area contributed by atoms with Gasteiger partial charge in [-0.2, -0.15) is 0 Å². The summed E-state index contributed by atoms with van der Waals surface area (Å²) in [5.41, 5.74) is 3.44. The molecule has 7 heteroatoms. The lowest BCUT2D eigenvalue weighted by Crippen LogP contribution is -2.31. The van der Waals surface area contributed by atoms with Gasteiger partial charge in [-0.1, -0.05) is 18.2 Å². The molecular formula is C21H25N2O5-. The number of nitrogens with zero attached hydrogens (tertiary/aromatic N) is 1. The SMILES string of the molecule is CCOC(=O)c1[nH]c(C)c(CN(C(=O)CCCC(=O)[O-])c2ccccc2)c1C. The molecule has 0 atom stereocenters. The quantitative estimate of drug-likeness (QED) is 0.667. The summed E-state index contributed by atoms with van der Waals surface area (Å²) in [6.45, 7) is 5.94. The molecule has 0 aliphatic heterocycles. The third kappa shape index (κ3) is 5.22. The van der Waals surface area contributed by atoms with Crippen LogP contribution in [0.1, 0.15) is 53.5 Å². The molecule has 0 radical (unpaired) electrons. The number of carboxylic acids is 1. The number of aromatic amines is 1. The minimum absolute atomic E-state index is 0.0934. The highest BCUT2D eigenvalue weighted by Crippen LogP contribution is 2.25. The number of carboxylic acid groups (broad SMARTS) is 1. The Labute approximate surface area is 164 Å². The number of anilines is 1. The Balaban J connectivity index is 2.29. The van der Waals surface area contributed by atoms with Crippen LogP contribution in [0, 0.1) is 13.8 Å². The third-order valence-corrected chi connectivity index (χ3v) is 4.53. The summed E-state index contributed by atoms with van der Waals surface area (Å²) < 4.78 is 5.08. The van der Waals surface area contributed by atoms with Crippen molar-refractivity contribution in [1.82, 2.24) is 4.98 Å². The number of aliphatic carboxylic acids is 1. The Morgan fingerprint density at radius 3 is 2.39 bits per heavy atom. The number of esters is 1. The number of rotatable bonds is 9. The zero-order valence-electron chi connectivity index (χ0n) is 16.4. The number of hydrogen-bond acceptors (Lipinski definition) is 5. The van der Waals surface area contributed by atoms with Gasteiger partial charge < -0.3 is 24.5 Å². The molecule has 7 nitrogen and oxygen atoms in total. The highest BCUT2D eigenvalue weighted by Gasteiger charge is 2.23. The van der Waals surface area contributed by atoms with E-state index in [4.69, 9.17) is 4.74 Å². The Morgan fingerprint density at radius 1 is 1.11 bits per heavy atom. The topological polar surface area (TPSA) is 103 Å². The number of benzene rings is 1. The van der Waals surface area contributed by atoms with Gasteiger partial charge in [-0.3, -0.25) is 4.79 Å². The van der Waals surface area contributed by atoms with Gasteiger partial charge >= 0.3 is 5.97 Å². The van der Waals surface area contributed by atoms with Gasteiger partial charge in [0.05, 0.1) is 13.2 Å². The molecule has 1 aromatic heterocycles. The number of nitrogens with one attached hydrogen (secondary N) is 1. The predicted octanol–water partition coefficient (Wildman–Crippen LogP) is 2.26. The van der Waals surface area contributed by atoms with Crippen molar-refractivity contribution in [3.63, 3.8) is 0 Å². The largest absolute Gasteiger partial charge is 0.550 e. The number of amides is 1. The van der Waals surface area contributed by atoms with Crippen molar-refractivity contribution in [2.75, 3.05) is 11.5 Å². The van der Waals surface area contributed by atoms with Gasteiger partial charge in [-0.25, -0.2) is 4.79 Å². The molecule has 150 valence electrons. The van der Waals surface area contributed by atoms with Gasteiger partial charge in [0.25, 0.3) is 0 Å². The van der Waals surface area contributed by atoms with Crippen LogP contribution in [-0.4, -0.2) is 29.4 Å². The molecular weight excluding hydrogens is 360 g/mol. The molecule has 0 unspecified atom stereocenters. The molecule has 1 amide bonds. The Hall–Kier alpha value is -3.09. The molecule has 0 fully saturated rings. The normalized spacial score (nSPS) is 10.5. The molecule has 0 bridgehead atoms. The molecule has 2 aromatic rings. The molecule has 0 aliphatic rings. The zero-order valence-corrected chi connectivity index (χ0v) is 16.4. The van der Waals surface area contributed by atoms with Crippen LogP contribution in [0.5, 0.6) is 0 Å². The van der Waals surface area contributed by atoms with Gasteiger partial charge in [-0.05, 0) is 56.9 Å². The second-order valence-electron chi connectivity index (χ2n) is 6.49. The zero-order chi connectivity index (χ0) is 20.7. The summed E-state index contributed by atoms with van der Waals surface area (Å²) in [4.78, 5) is 40.2. The summed E-state index contributed by atoms with van der Waals surface area (Å²) >= 11 is 0. The maximum atomic E-state index is 12.8. The Kier molecular flexibility index (Phi) is 7.37. The van der Waals surface area contributed by atoms with E-state index in [9.17, 15) is 19.5 Å². The fourth-order valence-corrected chi connectivity index (χ4v) is 3.04. The van der Waals surface area contributed by atoms with Crippen molar-refractivity contribution in [2.45, 2.75) is 46.6 Å². The van der Waals surface area contributed by atoms with Gasteiger partial charge in [0.15, 0.2) is 0 Å². The first-order chi connectivity index (χ1) is 13.3. The first-order valence-corrected chi connectivity index (χ1v) is 9.25. The fourth-order valence-electron chi connectivity index (χ4n) is 3.04. The highest BCUT2D eigenvalue weighted by molar-refractivity contribution is 5.94. The van der Waals surface area contributed by atoms with E-state index < -0.39 is 11.9 Å². The number of aryl methyl sites for hydroxylation is 1. The minimum Gasteiger partial charge on any atom is -0.550 e. The van der Waals surface area contributed by atoms with Gasteiger partial charge in [0, 0.05) is 23.8 Å². The van der Waals surface area contributed by atoms with E-state index in [1.807, 2.05) is 44.2 Å². The van der Waals surface area contributed by atoms with E-state index in [1.54, 1.807) is 11.8 Å². The van der Waals surface area contributed by atoms with Crippen molar-refractivity contribution in [1.29, 1.82) is 0 Å². The monoisotopic (exact) mass is 385 g/mol. The molecule has 1 heterocycles. The van der Waals surface area contributed by atoms with Crippen molar-refractivity contribution in [3.05, 3.63) is 52.8 Å². The highest BCUT2D eigenvalue weighted by atomic mass is 16.5. The lowest BCUT2D eigenvalue weighted by Gasteiger charge is -2.23. The lowest BCUT2D eigenvalue weighted by atomic mass is 10.1. The van der Waals surface area contributed by atoms with Gasteiger partial charge in [0.1, 0.15) is 5.69 Å². The molecule has 1 aromatic carbocycles. The van der Waals surface area contributed by atoms with E-state index >= 15 is 0 Å². The van der Waals surface area contributed by atoms with Crippen LogP contribution in [0.4, 0.5) is 5.69 Å². The second-order valence-corrected chi connectivity index (χ2v) is 6.49. The van der Waals surface area contributed by atoms with E-state index in [2.05, 4.69) is 4.98 Å². The van der Waals surface area contributed by atoms with Crippen LogP contribution >= 0.6 is 0 Å². The van der Waals surface area contributed by atoms with E-state index in [1.165, 1.54) is 0 Å². The Morgan fingerprint density at radius 2 is 1.79 bits per heavy atom. The summed E-state index contributed by atoms with van der Waals surface area (Å²) in [5, 5.41) is 10.6. The maximum absolute atomic E-state index is 12.8. The smallest absolute Gasteiger partial charge is 0.355 e. The van der Waals surface area contributed by atoms with Crippen LogP contribution < -0.4 is 10.0 Å². The van der Waals surface area contributed by atoms with Crippen molar-refractivity contribution >= 4 is 23.5 Å². The molecule has 28 heavy (non-hydrogen) atoms. The van der Waals surface area contributed by atoms with Crippen LogP contribution in [-0.2, 0) is 20.9 Å².